The molecule has 4 rings (SSSR count). The number of hydrogen-bond acceptors (Lipinski definition) is 7. The van der Waals surface area contributed by atoms with E-state index in [1.165, 1.54) is 0 Å². The molecule has 0 fully saturated rings. The monoisotopic (exact) mass is 557 g/mol. The van der Waals surface area contributed by atoms with Crippen molar-refractivity contribution in [2.75, 3.05) is 41.5 Å². The molecule has 39 heavy (non-hydrogen) atoms. The summed E-state index contributed by atoms with van der Waals surface area (Å²) in [6, 6.07) is 20.9. The van der Waals surface area contributed by atoms with Crippen molar-refractivity contribution in [1.29, 1.82) is 0 Å². The van der Waals surface area contributed by atoms with Crippen molar-refractivity contribution in [3.05, 3.63) is 83.4 Å². The summed E-state index contributed by atoms with van der Waals surface area (Å²) in [5.41, 5.74) is 1.82. The molecule has 0 spiro atoms. The van der Waals surface area contributed by atoms with Gasteiger partial charge >= 0.3 is 7.82 Å². The van der Waals surface area contributed by atoms with Crippen molar-refractivity contribution >= 4 is 7.82 Å². The third kappa shape index (κ3) is 6.57. The van der Waals surface area contributed by atoms with Gasteiger partial charge in [-0.25, -0.2) is 9.09 Å². The SMILES string of the molecule is COc1ccc2c(c1)C(CCCN(C)CCc1ccc(OC)c(OC)c1)(c1ccccc1)C(OP(=O)(O)O)O2. The maximum Gasteiger partial charge on any atom is 0.472 e. The summed E-state index contributed by atoms with van der Waals surface area (Å²) >= 11 is 0. The lowest BCUT2D eigenvalue weighted by molar-refractivity contribution is -0.0431. The summed E-state index contributed by atoms with van der Waals surface area (Å²) in [7, 11) is 2.03. The molecule has 210 valence electrons. The van der Waals surface area contributed by atoms with Crippen LogP contribution in [-0.2, 0) is 20.9 Å². The van der Waals surface area contributed by atoms with Crippen LogP contribution in [0.3, 0.4) is 0 Å². The predicted molar refractivity (Wildman–Crippen MR) is 148 cm³/mol. The zero-order valence-corrected chi connectivity index (χ0v) is 23.6. The number of nitrogens with zero attached hydrogens (tertiary/aromatic N) is 1. The molecule has 3 aromatic carbocycles. The van der Waals surface area contributed by atoms with E-state index in [1.54, 1.807) is 33.5 Å². The molecule has 1 heterocycles. The van der Waals surface area contributed by atoms with Gasteiger partial charge in [0.25, 0.3) is 0 Å². The summed E-state index contributed by atoms with van der Waals surface area (Å²) in [5.74, 6) is 2.54. The Labute approximate surface area is 229 Å². The van der Waals surface area contributed by atoms with E-state index < -0.39 is 19.5 Å². The maximum absolute atomic E-state index is 12.0. The zero-order valence-electron chi connectivity index (χ0n) is 22.7. The fraction of sp³-hybridized carbons (Fsp3) is 0.379. The van der Waals surface area contributed by atoms with Crippen molar-refractivity contribution < 1.29 is 37.8 Å². The van der Waals surface area contributed by atoms with Gasteiger partial charge in [0.1, 0.15) is 11.5 Å². The van der Waals surface area contributed by atoms with Gasteiger partial charge in [-0.15, -0.1) is 0 Å². The number of hydrogen-bond donors (Lipinski definition) is 2. The first-order valence-corrected chi connectivity index (χ1v) is 14.3. The largest absolute Gasteiger partial charge is 0.497 e. The van der Waals surface area contributed by atoms with Crippen LogP contribution in [0.5, 0.6) is 23.0 Å². The first kappa shape index (κ1) is 28.9. The highest BCUT2D eigenvalue weighted by molar-refractivity contribution is 7.46. The van der Waals surface area contributed by atoms with Gasteiger partial charge in [-0.3, -0.25) is 0 Å². The molecule has 0 saturated heterocycles. The van der Waals surface area contributed by atoms with E-state index >= 15 is 0 Å². The Morgan fingerprint density at radius 3 is 2.33 bits per heavy atom. The van der Waals surface area contributed by atoms with Crippen LogP contribution in [0.15, 0.2) is 66.7 Å². The average Bonchev–Trinajstić information content (AvgIpc) is 3.23. The van der Waals surface area contributed by atoms with Crippen molar-refractivity contribution in [3.8, 4) is 23.0 Å². The Balaban J connectivity index is 1.55. The Kier molecular flexibility index (Phi) is 9.20. The third-order valence-electron chi connectivity index (χ3n) is 7.17. The second kappa shape index (κ2) is 12.4. The van der Waals surface area contributed by atoms with E-state index in [-0.39, 0.29) is 0 Å². The van der Waals surface area contributed by atoms with Gasteiger partial charge in [0, 0.05) is 12.1 Å². The van der Waals surface area contributed by atoms with Gasteiger partial charge in [0.15, 0.2) is 11.5 Å². The third-order valence-corrected chi connectivity index (χ3v) is 7.63. The molecule has 0 aromatic heterocycles. The summed E-state index contributed by atoms with van der Waals surface area (Å²) in [6.07, 6.45) is 0.870. The number of phosphoric acid groups is 1. The molecule has 2 N–H and O–H groups in total. The van der Waals surface area contributed by atoms with E-state index in [9.17, 15) is 14.4 Å². The second-order valence-corrected chi connectivity index (χ2v) is 10.8. The summed E-state index contributed by atoms with van der Waals surface area (Å²) in [4.78, 5) is 21.7. The van der Waals surface area contributed by atoms with E-state index in [1.807, 2.05) is 54.6 Å². The van der Waals surface area contributed by atoms with Gasteiger partial charge in [-0.1, -0.05) is 36.4 Å². The maximum atomic E-state index is 12.0. The average molecular weight is 558 g/mol. The van der Waals surface area contributed by atoms with E-state index in [0.29, 0.717) is 29.4 Å². The minimum absolute atomic E-state index is 0.514. The van der Waals surface area contributed by atoms with Crippen LogP contribution in [0.25, 0.3) is 0 Å². The zero-order chi connectivity index (χ0) is 28.0. The molecule has 0 amide bonds. The first-order chi connectivity index (χ1) is 18.7. The van der Waals surface area contributed by atoms with E-state index in [0.717, 1.165) is 42.6 Å². The minimum atomic E-state index is -4.86. The molecule has 0 bridgehead atoms. The van der Waals surface area contributed by atoms with Gasteiger partial charge < -0.3 is 33.6 Å². The predicted octanol–water partition coefficient (Wildman–Crippen LogP) is 4.78. The molecule has 10 heteroatoms. The Morgan fingerprint density at radius 2 is 1.67 bits per heavy atom. The van der Waals surface area contributed by atoms with Crippen molar-refractivity contribution in [2.24, 2.45) is 0 Å². The molecule has 1 aliphatic heterocycles. The van der Waals surface area contributed by atoms with Crippen molar-refractivity contribution in [3.63, 3.8) is 0 Å². The number of likely N-dealkylation sites (N-methyl/N-ethyl adjacent to an activating group) is 1. The molecule has 2 atom stereocenters. The van der Waals surface area contributed by atoms with Crippen LogP contribution < -0.4 is 18.9 Å². The van der Waals surface area contributed by atoms with Gasteiger partial charge in [-0.2, -0.15) is 0 Å². The lowest BCUT2D eigenvalue weighted by Crippen LogP contribution is -2.41. The Morgan fingerprint density at radius 1 is 0.923 bits per heavy atom. The molecule has 0 radical (unpaired) electrons. The van der Waals surface area contributed by atoms with Crippen LogP contribution >= 0.6 is 7.82 Å². The molecule has 0 saturated carbocycles. The van der Waals surface area contributed by atoms with Crippen LogP contribution in [0.4, 0.5) is 0 Å². The standard InChI is InChI=1S/C29H36NO8P/c1-30(18-15-21-11-13-26(35-3)27(19-21)36-4)17-8-16-29(22-9-6-5-7-10-22)24-20-23(34-2)12-14-25(24)37-28(29)38-39(31,32)33/h5-7,9-14,19-20,28H,8,15-18H2,1-4H3,(H2,31,32,33). The Hall–Kier alpha value is -3.07. The Bertz CT molecular complexity index is 1300. The second-order valence-electron chi connectivity index (χ2n) is 9.59. The highest BCUT2D eigenvalue weighted by Gasteiger charge is 2.53. The van der Waals surface area contributed by atoms with Crippen LogP contribution in [0, 0.1) is 0 Å². The molecule has 3 aromatic rings. The highest BCUT2D eigenvalue weighted by Crippen LogP contribution is 2.55. The quantitative estimate of drug-likeness (QED) is 0.287. The fourth-order valence-electron chi connectivity index (χ4n) is 5.19. The molecule has 9 nitrogen and oxygen atoms in total. The van der Waals surface area contributed by atoms with Gasteiger partial charge in [0.2, 0.25) is 6.29 Å². The van der Waals surface area contributed by atoms with Crippen molar-refractivity contribution in [2.45, 2.75) is 31.0 Å². The molecule has 1 aliphatic rings. The smallest absolute Gasteiger partial charge is 0.472 e. The molecular formula is C29H36NO8P. The highest BCUT2D eigenvalue weighted by atomic mass is 31.2. The summed E-state index contributed by atoms with van der Waals surface area (Å²) < 4.78 is 39.6. The molecular weight excluding hydrogens is 521 g/mol. The number of methoxy groups -OCH3 is 3. The summed E-state index contributed by atoms with van der Waals surface area (Å²) in [5, 5.41) is 0. The number of ether oxygens (including phenoxy) is 4. The van der Waals surface area contributed by atoms with E-state index in [2.05, 4.69) is 11.9 Å². The van der Waals surface area contributed by atoms with Crippen LogP contribution in [0.2, 0.25) is 0 Å². The fourth-order valence-corrected chi connectivity index (χ4v) is 5.66. The molecule has 0 aliphatic carbocycles. The normalized spacial score (nSPS) is 18.5. The minimum Gasteiger partial charge on any atom is -0.497 e. The summed E-state index contributed by atoms with van der Waals surface area (Å²) in [6.45, 7) is 1.57. The number of rotatable bonds is 13. The number of fused-ring (bicyclic) bond motifs is 1. The van der Waals surface area contributed by atoms with Crippen molar-refractivity contribution in [1.82, 2.24) is 4.90 Å². The number of benzene rings is 3. The van der Waals surface area contributed by atoms with E-state index in [4.69, 9.17) is 23.5 Å². The topological polar surface area (TPSA) is 107 Å². The van der Waals surface area contributed by atoms with Gasteiger partial charge in [0.05, 0.1) is 26.7 Å². The number of phosphoric ester groups is 1. The lowest BCUT2D eigenvalue weighted by Gasteiger charge is -2.35. The molecule has 2 unspecified atom stereocenters. The first-order valence-electron chi connectivity index (χ1n) is 12.7. The van der Waals surface area contributed by atoms with Crippen LogP contribution in [-0.4, -0.2) is 62.4 Å². The van der Waals surface area contributed by atoms with Gasteiger partial charge in [-0.05, 0) is 74.3 Å². The lowest BCUT2D eigenvalue weighted by atomic mass is 9.71. The van der Waals surface area contributed by atoms with Crippen LogP contribution in [0.1, 0.15) is 29.5 Å².